The van der Waals surface area contributed by atoms with Gasteiger partial charge in [-0.1, -0.05) is 39.0 Å². The molecule has 3 nitrogen and oxygen atoms in total. The first-order chi connectivity index (χ1) is 8.77. The molecule has 1 aliphatic rings. The Morgan fingerprint density at radius 3 is 2.56 bits per heavy atom. The molecule has 1 unspecified atom stereocenters. The molecule has 0 bridgehead atoms. The van der Waals surface area contributed by atoms with Gasteiger partial charge in [0.05, 0.1) is 6.61 Å². The number of unbranched alkanes of at least 4 members (excludes halogenated alkanes) is 4. The van der Waals surface area contributed by atoms with E-state index < -0.39 is 0 Å². The Hall–Kier alpha value is -0.570. The summed E-state index contributed by atoms with van der Waals surface area (Å²) in [6, 6.07) is -0.0767. The van der Waals surface area contributed by atoms with Crippen LogP contribution in [0, 0.1) is 5.92 Å². The van der Waals surface area contributed by atoms with Crippen molar-refractivity contribution in [2.75, 3.05) is 13.2 Å². The van der Waals surface area contributed by atoms with E-state index in [1.54, 1.807) is 0 Å². The Bertz CT molecular complexity index is 227. The molecule has 1 atom stereocenters. The summed E-state index contributed by atoms with van der Waals surface area (Å²) in [5.74, 6) is 0.746. The van der Waals surface area contributed by atoms with Crippen molar-refractivity contribution in [3.63, 3.8) is 0 Å². The van der Waals surface area contributed by atoms with Gasteiger partial charge in [-0.3, -0.25) is 4.79 Å². The molecule has 0 amide bonds. The van der Waals surface area contributed by atoms with Gasteiger partial charge in [-0.05, 0) is 38.6 Å². The van der Waals surface area contributed by atoms with Crippen molar-refractivity contribution < 1.29 is 9.53 Å². The van der Waals surface area contributed by atoms with Gasteiger partial charge in [-0.15, -0.1) is 0 Å². The van der Waals surface area contributed by atoms with Crippen LogP contribution in [0.15, 0.2) is 0 Å². The maximum atomic E-state index is 11.8. The van der Waals surface area contributed by atoms with E-state index in [4.69, 9.17) is 4.74 Å². The van der Waals surface area contributed by atoms with Crippen molar-refractivity contribution in [2.45, 2.75) is 71.3 Å². The molecule has 1 saturated carbocycles. The van der Waals surface area contributed by atoms with Crippen molar-refractivity contribution in [1.29, 1.82) is 0 Å². The first kappa shape index (κ1) is 15.5. The lowest BCUT2D eigenvalue weighted by atomic mass is 10.1. The van der Waals surface area contributed by atoms with E-state index in [0.717, 1.165) is 25.3 Å². The topological polar surface area (TPSA) is 38.3 Å². The minimum atomic E-state index is -0.0767. The number of hydrogen-bond acceptors (Lipinski definition) is 3. The molecule has 0 aliphatic heterocycles. The van der Waals surface area contributed by atoms with E-state index in [9.17, 15) is 4.79 Å². The number of carbonyl (C=O) groups excluding carboxylic acids is 1. The van der Waals surface area contributed by atoms with Gasteiger partial charge in [-0.2, -0.15) is 0 Å². The van der Waals surface area contributed by atoms with Crippen LogP contribution in [-0.2, 0) is 9.53 Å². The largest absolute Gasteiger partial charge is 0.465 e. The number of hydrogen-bond donors (Lipinski definition) is 1. The maximum absolute atomic E-state index is 11.8. The van der Waals surface area contributed by atoms with Gasteiger partial charge in [0, 0.05) is 0 Å². The van der Waals surface area contributed by atoms with Gasteiger partial charge in [0.1, 0.15) is 6.04 Å². The maximum Gasteiger partial charge on any atom is 0.323 e. The fourth-order valence-corrected chi connectivity index (χ4v) is 2.13. The molecule has 0 aromatic carbocycles. The minimum Gasteiger partial charge on any atom is -0.465 e. The Kier molecular flexibility index (Phi) is 8.06. The van der Waals surface area contributed by atoms with Crippen LogP contribution in [0.25, 0.3) is 0 Å². The standard InChI is InChI=1S/C15H29NO2/c1-3-5-6-7-8-9-14(15(17)18-4-2)16-12-13-10-11-13/h13-14,16H,3-12H2,1-2H3. The molecule has 18 heavy (non-hydrogen) atoms. The second-order valence-electron chi connectivity index (χ2n) is 5.36. The average molecular weight is 255 g/mol. The number of ether oxygens (including phenoxy) is 1. The highest BCUT2D eigenvalue weighted by molar-refractivity contribution is 5.75. The second-order valence-corrected chi connectivity index (χ2v) is 5.36. The van der Waals surface area contributed by atoms with Crippen molar-refractivity contribution in [3.05, 3.63) is 0 Å². The molecule has 0 aromatic heterocycles. The molecule has 1 N–H and O–H groups in total. The number of rotatable bonds is 11. The van der Waals surface area contributed by atoms with E-state index in [-0.39, 0.29) is 12.0 Å². The van der Waals surface area contributed by atoms with E-state index >= 15 is 0 Å². The van der Waals surface area contributed by atoms with Crippen LogP contribution >= 0.6 is 0 Å². The van der Waals surface area contributed by atoms with Gasteiger partial charge < -0.3 is 10.1 Å². The predicted molar refractivity (Wildman–Crippen MR) is 74.5 cm³/mol. The van der Waals surface area contributed by atoms with Crippen molar-refractivity contribution in [1.82, 2.24) is 5.32 Å². The summed E-state index contributed by atoms with van der Waals surface area (Å²) in [4.78, 5) is 11.8. The highest BCUT2D eigenvalue weighted by Crippen LogP contribution is 2.27. The first-order valence-electron chi connectivity index (χ1n) is 7.68. The lowest BCUT2D eigenvalue weighted by Gasteiger charge is -2.17. The fraction of sp³-hybridized carbons (Fsp3) is 0.933. The number of esters is 1. The van der Waals surface area contributed by atoms with E-state index in [1.807, 2.05) is 6.92 Å². The Labute approximate surface area is 112 Å². The van der Waals surface area contributed by atoms with Crippen LogP contribution in [0.1, 0.15) is 65.2 Å². The zero-order valence-corrected chi connectivity index (χ0v) is 12.0. The minimum absolute atomic E-state index is 0.0614. The summed E-state index contributed by atoms with van der Waals surface area (Å²) < 4.78 is 5.13. The molecule has 1 rings (SSSR count). The lowest BCUT2D eigenvalue weighted by molar-refractivity contribution is -0.145. The van der Waals surface area contributed by atoms with E-state index in [1.165, 1.54) is 38.5 Å². The molecule has 3 heteroatoms. The highest BCUT2D eigenvalue weighted by atomic mass is 16.5. The van der Waals surface area contributed by atoms with Crippen LogP contribution in [0.4, 0.5) is 0 Å². The normalized spacial score (nSPS) is 16.6. The van der Waals surface area contributed by atoms with Crippen molar-refractivity contribution >= 4 is 5.97 Å². The Morgan fingerprint density at radius 1 is 1.22 bits per heavy atom. The van der Waals surface area contributed by atoms with E-state index in [2.05, 4.69) is 12.2 Å². The molecule has 1 aliphatic carbocycles. The molecule has 0 radical (unpaired) electrons. The summed E-state index contributed by atoms with van der Waals surface area (Å²) in [6.07, 6.45) is 9.78. The van der Waals surface area contributed by atoms with Gasteiger partial charge in [0.25, 0.3) is 0 Å². The average Bonchev–Trinajstić information content (AvgIpc) is 3.17. The zero-order valence-electron chi connectivity index (χ0n) is 12.0. The summed E-state index contributed by atoms with van der Waals surface area (Å²) in [7, 11) is 0. The third kappa shape index (κ3) is 7.00. The van der Waals surface area contributed by atoms with Gasteiger partial charge in [0.2, 0.25) is 0 Å². The second kappa shape index (κ2) is 9.37. The summed E-state index contributed by atoms with van der Waals surface area (Å²) in [5.41, 5.74) is 0. The Balaban J connectivity index is 2.17. The summed E-state index contributed by atoms with van der Waals surface area (Å²) in [5, 5.41) is 3.38. The molecule has 0 spiro atoms. The number of nitrogens with one attached hydrogen (secondary N) is 1. The molecule has 0 heterocycles. The number of carbonyl (C=O) groups is 1. The zero-order chi connectivity index (χ0) is 13.2. The van der Waals surface area contributed by atoms with Gasteiger partial charge in [0.15, 0.2) is 0 Å². The SMILES string of the molecule is CCCCCCCC(NCC1CC1)C(=O)OCC. The summed E-state index contributed by atoms with van der Waals surface area (Å²) >= 11 is 0. The van der Waals surface area contributed by atoms with Crippen LogP contribution < -0.4 is 5.32 Å². The van der Waals surface area contributed by atoms with Gasteiger partial charge >= 0.3 is 5.97 Å². The monoisotopic (exact) mass is 255 g/mol. The van der Waals surface area contributed by atoms with Crippen LogP contribution in [0.2, 0.25) is 0 Å². The first-order valence-corrected chi connectivity index (χ1v) is 7.68. The van der Waals surface area contributed by atoms with Crippen molar-refractivity contribution in [2.24, 2.45) is 5.92 Å². The van der Waals surface area contributed by atoms with Crippen LogP contribution in [-0.4, -0.2) is 25.2 Å². The third-order valence-electron chi connectivity index (χ3n) is 3.52. The predicted octanol–water partition coefficient (Wildman–Crippen LogP) is 3.28. The smallest absolute Gasteiger partial charge is 0.323 e. The summed E-state index contributed by atoms with van der Waals surface area (Å²) in [6.45, 7) is 5.56. The van der Waals surface area contributed by atoms with E-state index in [0.29, 0.717) is 6.61 Å². The fourth-order valence-electron chi connectivity index (χ4n) is 2.13. The van der Waals surface area contributed by atoms with Crippen molar-refractivity contribution in [3.8, 4) is 0 Å². The highest BCUT2D eigenvalue weighted by Gasteiger charge is 2.25. The molecule has 1 fully saturated rings. The molecule has 0 saturated heterocycles. The van der Waals surface area contributed by atoms with Gasteiger partial charge in [-0.25, -0.2) is 0 Å². The molecular weight excluding hydrogens is 226 g/mol. The molecular formula is C15H29NO2. The third-order valence-corrected chi connectivity index (χ3v) is 3.52. The quantitative estimate of drug-likeness (QED) is 0.455. The van der Waals surface area contributed by atoms with Crippen LogP contribution in [0.3, 0.4) is 0 Å². The van der Waals surface area contributed by atoms with Crippen LogP contribution in [0.5, 0.6) is 0 Å². The molecule has 106 valence electrons. The molecule has 0 aromatic rings. The lowest BCUT2D eigenvalue weighted by Crippen LogP contribution is -2.39. The Morgan fingerprint density at radius 2 is 1.94 bits per heavy atom.